The Labute approximate surface area is 424 Å². The van der Waals surface area contributed by atoms with Gasteiger partial charge in [0.2, 0.25) is 0 Å². The second kappa shape index (κ2) is 50.9. The van der Waals surface area contributed by atoms with Crippen LogP contribution in [0.25, 0.3) is 0 Å². The predicted molar refractivity (Wildman–Crippen MR) is 291 cm³/mol. The third-order valence-electron chi connectivity index (χ3n) is 12.3. The lowest BCUT2D eigenvalue weighted by atomic mass is 10.0. The van der Waals surface area contributed by atoms with Gasteiger partial charge in [0, 0.05) is 19.3 Å². The summed E-state index contributed by atoms with van der Waals surface area (Å²) in [5.41, 5.74) is 0. The van der Waals surface area contributed by atoms with E-state index in [1.165, 1.54) is 109 Å². The topological polar surface area (TPSA) is 102 Å². The van der Waals surface area contributed by atoms with Crippen molar-refractivity contribution >= 4 is 17.9 Å². The van der Waals surface area contributed by atoms with Gasteiger partial charge in [0.25, 0.3) is 0 Å². The van der Waals surface area contributed by atoms with Crippen LogP contribution in [-0.4, -0.2) is 75.5 Å². The van der Waals surface area contributed by atoms with Crippen LogP contribution in [0.4, 0.5) is 0 Å². The van der Waals surface area contributed by atoms with E-state index in [0.29, 0.717) is 6.42 Å². The summed E-state index contributed by atoms with van der Waals surface area (Å²) in [5, 5.41) is 11.7. The van der Waals surface area contributed by atoms with Crippen LogP contribution in [0, 0.1) is 0 Å². The Balaban J connectivity index is 4.27. The van der Waals surface area contributed by atoms with Crippen molar-refractivity contribution in [3.8, 4) is 0 Å². The second-order valence-electron chi connectivity index (χ2n) is 19.8. The molecule has 0 aromatic carbocycles. The smallest absolute Gasteiger partial charge is 0.306 e. The van der Waals surface area contributed by atoms with Crippen molar-refractivity contribution in [3.63, 3.8) is 0 Å². The number of unbranched alkanes of at least 4 members (excludes halogenated alkanes) is 22. The molecular formula is C61H105NO7. The first kappa shape index (κ1) is 65.5. The molecule has 0 aliphatic carbocycles. The molecular weight excluding hydrogens is 859 g/mol. The summed E-state index contributed by atoms with van der Waals surface area (Å²) in [5.74, 6) is -1.77. The molecule has 0 N–H and O–H groups in total. The molecule has 0 aromatic heterocycles. The van der Waals surface area contributed by atoms with E-state index in [1.54, 1.807) is 21.1 Å². The minimum atomic E-state index is -1.13. The number of quaternary nitrogens is 1. The average Bonchev–Trinajstić information content (AvgIpc) is 3.31. The first-order valence-electron chi connectivity index (χ1n) is 28.1. The number of carboxylic acids is 1. The zero-order valence-electron chi connectivity index (χ0n) is 45.2. The molecule has 0 fully saturated rings. The minimum Gasteiger partial charge on any atom is -0.544 e. The number of carbonyl (C=O) groups excluding carboxylic acids is 3. The molecule has 0 aliphatic rings. The van der Waals surface area contributed by atoms with E-state index in [2.05, 4.69) is 98.9 Å². The number of rotatable bonds is 50. The number of carbonyl (C=O) groups is 3. The predicted octanol–water partition coefficient (Wildman–Crippen LogP) is 15.5. The van der Waals surface area contributed by atoms with Crippen molar-refractivity contribution in [3.05, 3.63) is 85.1 Å². The van der Waals surface area contributed by atoms with Gasteiger partial charge in [0.05, 0.1) is 40.3 Å². The zero-order valence-corrected chi connectivity index (χ0v) is 45.2. The number of nitrogens with zero attached hydrogens (tertiary/aromatic N) is 1. The van der Waals surface area contributed by atoms with Gasteiger partial charge in [-0.15, -0.1) is 0 Å². The summed E-state index contributed by atoms with van der Waals surface area (Å²) in [6.45, 7) is 4.53. The van der Waals surface area contributed by atoms with Gasteiger partial charge in [-0.1, -0.05) is 208 Å². The van der Waals surface area contributed by atoms with Crippen molar-refractivity contribution in [2.75, 3.05) is 41.0 Å². The van der Waals surface area contributed by atoms with E-state index in [0.717, 1.165) is 89.9 Å². The number of hydrogen-bond acceptors (Lipinski definition) is 7. The summed E-state index contributed by atoms with van der Waals surface area (Å²) in [4.78, 5) is 37.1. The highest BCUT2D eigenvalue weighted by Crippen LogP contribution is 2.15. The Morgan fingerprint density at radius 3 is 1.22 bits per heavy atom. The largest absolute Gasteiger partial charge is 0.544 e. The normalized spacial score (nSPS) is 13.5. The van der Waals surface area contributed by atoms with E-state index in [4.69, 9.17) is 14.2 Å². The maximum Gasteiger partial charge on any atom is 0.306 e. The van der Waals surface area contributed by atoms with Gasteiger partial charge in [0.15, 0.2) is 6.10 Å². The SMILES string of the molecule is CC/C=C/C/C=C/C/C=C/C/C=C/C/C=C/C/C=C/CCCCCCC(=O)OC(COCCC(C(=O)[O-])[N+](C)(C)C)COC(=O)CCCCCCCCC/C=C/CCCCCCCCCCCCC. The summed E-state index contributed by atoms with van der Waals surface area (Å²) in [6, 6.07) is -0.737. The maximum absolute atomic E-state index is 12.8. The van der Waals surface area contributed by atoms with Gasteiger partial charge in [-0.2, -0.15) is 0 Å². The van der Waals surface area contributed by atoms with Crippen LogP contribution >= 0.6 is 0 Å². The molecule has 0 saturated carbocycles. The van der Waals surface area contributed by atoms with Crippen LogP contribution < -0.4 is 5.11 Å². The monoisotopic (exact) mass is 964 g/mol. The molecule has 0 rings (SSSR count). The molecule has 0 aromatic rings. The zero-order chi connectivity index (χ0) is 50.6. The van der Waals surface area contributed by atoms with Gasteiger partial charge in [-0.3, -0.25) is 9.59 Å². The number of likely N-dealkylation sites (N-methyl/N-ethyl adjacent to an activating group) is 1. The third-order valence-corrected chi connectivity index (χ3v) is 12.3. The van der Waals surface area contributed by atoms with Crippen molar-refractivity contribution in [2.24, 2.45) is 0 Å². The molecule has 8 nitrogen and oxygen atoms in total. The molecule has 0 heterocycles. The molecule has 2 atom stereocenters. The lowest BCUT2D eigenvalue weighted by Gasteiger charge is -2.34. The molecule has 8 heteroatoms. The van der Waals surface area contributed by atoms with Gasteiger partial charge < -0.3 is 28.6 Å². The van der Waals surface area contributed by atoms with Gasteiger partial charge in [0.1, 0.15) is 12.6 Å². The highest BCUT2D eigenvalue weighted by atomic mass is 16.6. The minimum absolute atomic E-state index is 0.0249. The number of carboxylic acid groups (broad SMARTS) is 1. The molecule has 396 valence electrons. The Morgan fingerprint density at radius 2 is 0.812 bits per heavy atom. The Hall–Kier alpha value is -3.49. The van der Waals surface area contributed by atoms with E-state index < -0.39 is 18.1 Å². The maximum atomic E-state index is 12.8. The number of aliphatic carboxylic acids is 1. The van der Waals surface area contributed by atoms with Crippen LogP contribution in [0.15, 0.2) is 85.1 Å². The fourth-order valence-corrected chi connectivity index (χ4v) is 7.95. The number of ether oxygens (including phenoxy) is 3. The van der Waals surface area contributed by atoms with Gasteiger partial charge >= 0.3 is 11.9 Å². The second-order valence-corrected chi connectivity index (χ2v) is 19.8. The van der Waals surface area contributed by atoms with Crippen molar-refractivity contribution < 1.29 is 38.2 Å². The molecule has 0 spiro atoms. The molecule has 0 bridgehead atoms. The fraction of sp³-hybridized carbons (Fsp3) is 0.721. The van der Waals surface area contributed by atoms with E-state index in [1.807, 2.05) is 0 Å². The van der Waals surface area contributed by atoms with Gasteiger partial charge in [-0.25, -0.2) is 0 Å². The highest BCUT2D eigenvalue weighted by Gasteiger charge is 2.25. The van der Waals surface area contributed by atoms with E-state index in [-0.39, 0.29) is 49.1 Å². The summed E-state index contributed by atoms with van der Waals surface area (Å²) < 4.78 is 17.3. The van der Waals surface area contributed by atoms with Crippen LogP contribution in [0.3, 0.4) is 0 Å². The summed E-state index contributed by atoms with van der Waals surface area (Å²) >= 11 is 0. The van der Waals surface area contributed by atoms with Gasteiger partial charge in [-0.05, 0) is 89.9 Å². The molecule has 0 amide bonds. The summed E-state index contributed by atoms with van der Waals surface area (Å²) in [6.07, 6.45) is 67.7. The number of hydrogen-bond donors (Lipinski definition) is 0. The van der Waals surface area contributed by atoms with E-state index in [9.17, 15) is 19.5 Å². The Kier molecular flexibility index (Phi) is 48.3. The molecule has 2 unspecified atom stereocenters. The first-order chi connectivity index (χ1) is 33.6. The quantitative estimate of drug-likeness (QED) is 0.0259. The van der Waals surface area contributed by atoms with Crippen LogP contribution in [0.5, 0.6) is 0 Å². The van der Waals surface area contributed by atoms with Crippen LogP contribution in [-0.2, 0) is 28.6 Å². The van der Waals surface area contributed by atoms with E-state index >= 15 is 0 Å². The first-order valence-corrected chi connectivity index (χ1v) is 28.1. The fourth-order valence-electron chi connectivity index (χ4n) is 7.95. The van der Waals surface area contributed by atoms with Crippen LogP contribution in [0.2, 0.25) is 0 Å². The van der Waals surface area contributed by atoms with Crippen LogP contribution in [0.1, 0.15) is 232 Å². The molecule has 0 aliphatic heterocycles. The molecule has 69 heavy (non-hydrogen) atoms. The van der Waals surface area contributed by atoms with Crippen molar-refractivity contribution in [1.29, 1.82) is 0 Å². The molecule has 0 radical (unpaired) electrons. The number of esters is 2. The Bertz CT molecular complexity index is 1400. The lowest BCUT2D eigenvalue weighted by molar-refractivity contribution is -0.889. The number of allylic oxidation sites excluding steroid dienone is 14. The summed E-state index contributed by atoms with van der Waals surface area (Å²) in [7, 11) is 5.41. The standard InChI is InChI=1S/C61H105NO7/c1-6-8-10-12-14-16-18-20-22-24-26-28-30-32-34-36-38-40-42-44-46-48-50-52-60(64)69-57(55-67-54-53-58(61(65)66)62(3,4)5)56-68-59(63)51-49-47-45-43-41-39-37-35-33-31-29-27-25-23-21-19-17-15-13-11-9-7-2/h8,10,14,16,20,22,26,28,31-34,38,40,57-58H,6-7,9,11-13,15,17-19,21,23-25,27,29-30,35-37,39,41-56H2,1-5H3/b10-8+,16-14+,22-20+,28-26+,33-31+,34-32+,40-38+. The Morgan fingerprint density at radius 1 is 0.449 bits per heavy atom. The lowest BCUT2D eigenvalue weighted by Crippen LogP contribution is -2.55. The van der Waals surface area contributed by atoms with Crippen molar-refractivity contribution in [1.82, 2.24) is 0 Å². The highest BCUT2D eigenvalue weighted by molar-refractivity contribution is 5.70. The molecule has 0 saturated heterocycles. The van der Waals surface area contributed by atoms with Crippen molar-refractivity contribution in [2.45, 2.75) is 244 Å². The average molecular weight is 965 g/mol. The third kappa shape index (κ3) is 49.3.